The lowest BCUT2D eigenvalue weighted by molar-refractivity contribution is -0.139. The summed E-state index contributed by atoms with van der Waals surface area (Å²) >= 11 is 0. The van der Waals surface area contributed by atoms with Gasteiger partial charge in [-0.1, -0.05) is 30.3 Å². The fourth-order valence-corrected chi connectivity index (χ4v) is 2.62. The van der Waals surface area contributed by atoms with Gasteiger partial charge in [-0.15, -0.1) is 0 Å². The third-order valence-corrected chi connectivity index (χ3v) is 4.06. The van der Waals surface area contributed by atoms with E-state index < -0.39 is 12.1 Å². The molecular formula is C20H20N4O3. The van der Waals surface area contributed by atoms with Gasteiger partial charge in [-0.2, -0.15) is 5.10 Å². The minimum absolute atomic E-state index is 0.258. The highest BCUT2D eigenvalue weighted by molar-refractivity contribution is 5.92. The maximum Gasteiger partial charge on any atom is 0.338 e. The minimum Gasteiger partial charge on any atom is -0.449 e. The summed E-state index contributed by atoms with van der Waals surface area (Å²) in [7, 11) is 1.69. The summed E-state index contributed by atoms with van der Waals surface area (Å²) in [5.41, 5.74) is 2.15. The van der Waals surface area contributed by atoms with Crippen LogP contribution in [0.5, 0.6) is 0 Å². The van der Waals surface area contributed by atoms with Crippen LogP contribution in [0.1, 0.15) is 22.8 Å². The number of esters is 1. The Kier molecular flexibility index (Phi) is 5.61. The fraction of sp³-hybridized carbons (Fsp3) is 0.200. The minimum atomic E-state index is -0.874. The number of ether oxygens (including phenoxy) is 1. The van der Waals surface area contributed by atoms with Crippen LogP contribution >= 0.6 is 0 Å². The Balaban J connectivity index is 1.58. The van der Waals surface area contributed by atoms with Crippen LogP contribution in [0.25, 0.3) is 5.69 Å². The predicted molar refractivity (Wildman–Crippen MR) is 99.2 cm³/mol. The standard InChI is InChI=1S/C20H20N4O3/c1-15(19(25)23(2)12-16-6-4-3-5-7-16)27-20(26)17-8-10-18(11-9-17)24-14-21-13-22-24/h3-11,13-15H,12H2,1-2H3/t15-/m0/s1. The number of amides is 1. The molecule has 3 aromatic rings. The van der Waals surface area contributed by atoms with E-state index in [-0.39, 0.29) is 5.91 Å². The molecule has 0 aliphatic carbocycles. The fourth-order valence-electron chi connectivity index (χ4n) is 2.62. The van der Waals surface area contributed by atoms with Crippen molar-refractivity contribution in [2.45, 2.75) is 19.6 Å². The highest BCUT2D eigenvalue weighted by Crippen LogP contribution is 2.11. The van der Waals surface area contributed by atoms with Gasteiger partial charge in [0.1, 0.15) is 12.7 Å². The number of carbonyl (C=O) groups excluding carboxylic acids is 2. The molecule has 0 spiro atoms. The van der Waals surface area contributed by atoms with Crippen LogP contribution in [0.2, 0.25) is 0 Å². The van der Waals surface area contributed by atoms with Crippen molar-refractivity contribution in [2.24, 2.45) is 0 Å². The molecule has 0 fully saturated rings. The first kappa shape index (κ1) is 18.3. The van der Waals surface area contributed by atoms with Crippen molar-refractivity contribution < 1.29 is 14.3 Å². The van der Waals surface area contributed by atoms with E-state index in [1.165, 1.54) is 6.33 Å². The van der Waals surface area contributed by atoms with E-state index in [1.54, 1.807) is 54.1 Å². The van der Waals surface area contributed by atoms with Crippen LogP contribution in [0.15, 0.2) is 67.3 Å². The molecule has 27 heavy (non-hydrogen) atoms. The molecule has 0 bridgehead atoms. The average Bonchev–Trinajstić information content (AvgIpc) is 3.23. The van der Waals surface area contributed by atoms with E-state index in [0.29, 0.717) is 12.1 Å². The molecule has 0 unspecified atom stereocenters. The van der Waals surface area contributed by atoms with Crippen molar-refractivity contribution in [3.8, 4) is 5.69 Å². The summed E-state index contributed by atoms with van der Waals surface area (Å²) < 4.78 is 6.91. The highest BCUT2D eigenvalue weighted by atomic mass is 16.5. The number of hydrogen-bond donors (Lipinski definition) is 0. The summed E-state index contributed by atoms with van der Waals surface area (Å²) in [5.74, 6) is -0.805. The van der Waals surface area contributed by atoms with Gasteiger partial charge in [-0.25, -0.2) is 14.5 Å². The Morgan fingerprint density at radius 3 is 2.44 bits per heavy atom. The number of likely N-dealkylation sites (N-methyl/N-ethyl adjacent to an activating group) is 1. The van der Waals surface area contributed by atoms with Crippen molar-refractivity contribution in [1.82, 2.24) is 19.7 Å². The lowest BCUT2D eigenvalue weighted by atomic mass is 10.2. The topological polar surface area (TPSA) is 77.3 Å². The van der Waals surface area contributed by atoms with Crippen molar-refractivity contribution in [2.75, 3.05) is 7.05 Å². The third kappa shape index (κ3) is 4.58. The van der Waals surface area contributed by atoms with Crippen molar-refractivity contribution in [3.63, 3.8) is 0 Å². The summed E-state index contributed by atoms with van der Waals surface area (Å²) in [6, 6.07) is 16.4. The molecule has 3 rings (SSSR count). The molecule has 1 heterocycles. The Labute approximate surface area is 157 Å². The van der Waals surface area contributed by atoms with Crippen molar-refractivity contribution in [1.29, 1.82) is 0 Å². The van der Waals surface area contributed by atoms with Gasteiger partial charge in [-0.3, -0.25) is 4.79 Å². The number of benzene rings is 2. The molecule has 0 aliphatic rings. The zero-order chi connectivity index (χ0) is 19.2. The quantitative estimate of drug-likeness (QED) is 0.628. The van der Waals surface area contributed by atoms with E-state index >= 15 is 0 Å². The van der Waals surface area contributed by atoms with Gasteiger partial charge in [0.05, 0.1) is 11.3 Å². The molecule has 0 aliphatic heterocycles. The van der Waals surface area contributed by atoms with Crippen LogP contribution in [-0.4, -0.2) is 44.7 Å². The first-order valence-electron chi connectivity index (χ1n) is 8.49. The highest BCUT2D eigenvalue weighted by Gasteiger charge is 2.22. The summed E-state index contributed by atoms with van der Waals surface area (Å²) in [5, 5.41) is 4.03. The molecule has 1 atom stereocenters. The third-order valence-electron chi connectivity index (χ3n) is 4.06. The largest absolute Gasteiger partial charge is 0.449 e. The second kappa shape index (κ2) is 8.27. The van der Waals surface area contributed by atoms with E-state index in [9.17, 15) is 9.59 Å². The first-order chi connectivity index (χ1) is 13.0. The van der Waals surface area contributed by atoms with Crippen LogP contribution in [0, 0.1) is 0 Å². The SMILES string of the molecule is C[C@H](OC(=O)c1ccc(-n2cncn2)cc1)C(=O)N(C)Cc1ccccc1. The van der Waals surface area contributed by atoms with Gasteiger partial charge in [0.2, 0.25) is 0 Å². The molecule has 1 aromatic heterocycles. The average molecular weight is 364 g/mol. The normalized spacial score (nSPS) is 11.6. The van der Waals surface area contributed by atoms with Crippen molar-refractivity contribution >= 4 is 11.9 Å². The molecule has 1 amide bonds. The van der Waals surface area contributed by atoms with E-state index in [2.05, 4.69) is 10.1 Å². The maximum absolute atomic E-state index is 12.5. The molecule has 0 N–H and O–H groups in total. The molecule has 7 heteroatoms. The van der Waals surface area contributed by atoms with E-state index in [0.717, 1.165) is 11.3 Å². The Hall–Kier alpha value is -3.48. The van der Waals surface area contributed by atoms with Crippen LogP contribution < -0.4 is 0 Å². The Morgan fingerprint density at radius 2 is 1.81 bits per heavy atom. The molecular weight excluding hydrogens is 344 g/mol. The van der Waals surface area contributed by atoms with E-state index in [1.807, 2.05) is 30.3 Å². The van der Waals surface area contributed by atoms with Crippen molar-refractivity contribution in [3.05, 3.63) is 78.4 Å². The van der Waals surface area contributed by atoms with Gasteiger partial charge in [-0.05, 0) is 36.8 Å². The lowest BCUT2D eigenvalue weighted by Crippen LogP contribution is -2.37. The number of carbonyl (C=O) groups is 2. The van der Waals surface area contributed by atoms with Gasteiger partial charge < -0.3 is 9.64 Å². The van der Waals surface area contributed by atoms with Crippen LogP contribution in [0.3, 0.4) is 0 Å². The monoisotopic (exact) mass is 364 g/mol. The molecule has 0 saturated carbocycles. The lowest BCUT2D eigenvalue weighted by Gasteiger charge is -2.21. The molecule has 0 radical (unpaired) electrons. The molecule has 7 nitrogen and oxygen atoms in total. The van der Waals surface area contributed by atoms with Gasteiger partial charge in [0.25, 0.3) is 5.91 Å². The summed E-state index contributed by atoms with van der Waals surface area (Å²) in [4.78, 5) is 30.2. The van der Waals surface area contributed by atoms with Gasteiger partial charge in [0, 0.05) is 13.6 Å². The Morgan fingerprint density at radius 1 is 1.11 bits per heavy atom. The number of aromatic nitrogens is 3. The number of hydrogen-bond acceptors (Lipinski definition) is 5. The smallest absolute Gasteiger partial charge is 0.338 e. The second-order valence-electron chi connectivity index (χ2n) is 6.11. The van der Waals surface area contributed by atoms with Crippen LogP contribution in [-0.2, 0) is 16.1 Å². The number of rotatable bonds is 6. The summed E-state index contributed by atoms with van der Waals surface area (Å²) in [6.45, 7) is 2.03. The second-order valence-corrected chi connectivity index (χ2v) is 6.11. The van der Waals surface area contributed by atoms with E-state index in [4.69, 9.17) is 4.74 Å². The Bertz CT molecular complexity index is 893. The molecule has 2 aromatic carbocycles. The summed E-state index contributed by atoms with van der Waals surface area (Å²) in [6.07, 6.45) is 2.12. The first-order valence-corrected chi connectivity index (χ1v) is 8.49. The molecule has 0 saturated heterocycles. The zero-order valence-corrected chi connectivity index (χ0v) is 15.1. The predicted octanol–water partition coefficient (Wildman–Crippen LogP) is 2.47. The van der Waals surface area contributed by atoms with Crippen LogP contribution in [0.4, 0.5) is 0 Å². The zero-order valence-electron chi connectivity index (χ0n) is 15.1. The molecule has 138 valence electrons. The van der Waals surface area contributed by atoms with Gasteiger partial charge in [0.15, 0.2) is 6.10 Å². The van der Waals surface area contributed by atoms with Gasteiger partial charge >= 0.3 is 5.97 Å². The maximum atomic E-state index is 12.5. The number of nitrogens with zero attached hydrogens (tertiary/aromatic N) is 4.